The molecule has 0 aliphatic carbocycles. The van der Waals surface area contributed by atoms with Crippen molar-refractivity contribution >= 4 is 7.85 Å². The number of hydrogen-bond donors (Lipinski definition) is 0. The number of hydrogen-bond acceptors (Lipinski definition) is 4. The van der Waals surface area contributed by atoms with Crippen LogP contribution in [0.2, 0.25) is 6.32 Å². The van der Waals surface area contributed by atoms with Crippen molar-refractivity contribution in [3.05, 3.63) is 46.6 Å². The van der Waals surface area contributed by atoms with Gasteiger partial charge in [-0.15, -0.1) is 0 Å². The fourth-order valence-corrected chi connectivity index (χ4v) is 5.77. The molecule has 2 saturated heterocycles. The zero-order valence-corrected chi connectivity index (χ0v) is 26.9. The van der Waals surface area contributed by atoms with E-state index in [1.54, 1.807) is 22.3 Å². The fourth-order valence-electron chi connectivity index (χ4n) is 5.77. The third kappa shape index (κ3) is 16.0. The first-order valence-electron chi connectivity index (χ1n) is 16.4. The summed E-state index contributed by atoms with van der Waals surface area (Å²) in [5.41, 5.74) is 6.42. The first-order valence-corrected chi connectivity index (χ1v) is 16.4. The van der Waals surface area contributed by atoms with Gasteiger partial charge in [-0.1, -0.05) is 72.7 Å². The summed E-state index contributed by atoms with van der Waals surface area (Å²) in [6.45, 7) is 18.9. The van der Waals surface area contributed by atoms with Gasteiger partial charge < -0.3 is 9.80 Å². The molecule has 2 heterocycles. The number of rotatable bonds is 18. The summed E-state index contributed by atoms with van der Waals surface area (Å²) in [6.07, 6.45) is 23.9. The van der Waals surface area contributed by atoms with Crippen LogP contribution in [0.3, 0.4) is 0 Å². The molecule has 39 heavy (non-hydrogen) atoms. The van der Waals surface area contributed by atoms with Gasteiger partial charge in [0.1, 0.15) is 7.85 Å². The molecule has 0 aromatic rings. The minimum atomic E-state index is 1.15. The minimum absolute atomic E-state index is 1.15. The lowest BCUT2D eigenvalue weighted by molar-refractivity contribution is 0.164. The molecule has 0 N–H and O–H groups in total. The van der Waals surface area contributed by atoms with Crippen molar-refractivity contribution in [1.29, 1.82) is 0 Å². The first-order chi connectivity index (χ1) is 18.9. The second-order valence-corrected chi connectivity index (χ2v) is 12.4. The van der Waals surface area contributed by atoms with E-state index >= 15 is 0 Å². The predicted octanol–water partition coefficient (Wildman–Crippen LogP) is 6.20. The zero-order chi connectivity index (χ0) is 28.3. The number of unbranched alkanes of at least 4 members (excludes halogenated alkanes) is 3. The molecular formula is C34H63BN4. The molecule has 0 aromatic carbocycles. The SMILES string of the molecule is BC/C(=C/CC/C(=C/CCCCC)CC/C=C(\C)CN1CCN(C)CC1)CC/C=C(\C)CN1CCN(C)CC1. The molecule has 0 amide bonds. The second kappa shape index (κ2) is 20.7. The van der Waals surface area contributed by atoms with Gasteiger partial charge >= 0.3 is 0 Å². The summed E-state index contributed by atoms with van der Waals surface area (Å²) in [7, 11) is 6.81. The van der Waals surface area contributed by atoms with Crippen molar-refractivity contribution in [2.75, 3.05) is 79.5 Å². The number of allylic oxidation sites excluding steroid dienone is 6. The predicted molar refractivity (Wildman–Crippen MR) is 177 cm³/mol. The van der Waals surface area contributed by atoms with Crippen molar-refractivity contribution in [3.63, 3.8) is 0 Å². The molecule has 5 heteroatoms. The maximum Gasteiger partial charge on any atom is 0.106 e. The molecule has 2 rings (SSSR count). The Bertz CT molecular complexity index is 768. The van der Waals surface area contributed by atoms with Crippen LogP contribution in [0.1, 0.15) is 85.0 Å². The Hall–Kier alpha value is -1.14. The van der Waals surface area contributed by atoms with Crippen LogP contribution in [0, 0.1) is 0 Å². The van der Waals surface area contributed by atoms with Crippen LogP contribution in [0.4, 0.5) is 0 Å². The van der Waals surface area contributed by atoms with E-state index in [4.69, 9.17) is 0 Å². The Morgan fingerprint density at radius 3 is 1.49 bits per heavy atom. The van der Waals surface area contributed by atoms with E-state index in [-0.39, 0.29) is 0 Å². The van der Waals surface area contributed by atoms with Crippen LogP contribution < -0.4 is 0 Å². The molecule has 0 bridgehead atoms. The lowest BCUT2D eigenvalue weighted by Crippen LogP contribution is -2.44. The number of likely N-dealkylation sites (N-methyl/N-ethyl adjacent to an activating group) is 2. The van der Waals surface area contributed by atoms with Gasteiger partial charge in [-0.05, 0) is 79.3 Å². The number of nitrogens with zero attached hydrogens (tertiary/aromatic N) is 4. The summed E-state index contributed by atoms with van der Waals surface area (Å²) < 4.78 is 0. The molecule has 222 valence electrons. The quantitative estimate of drug-likeness (QED) is 0.117. The largest absolute Gasteiger partial charge is 0.304 e. The van der Waals surface area contributed by atoms with Gasteiger partial charge in [-0.2, -0.15) is 0 Å². The van der Waals surface area contributed by atoms with Gasteiger partial charge in [-0.25, -0.2) is 0 Å². The Kier molecular flexibility index (Phi) is 18.1. The lowest BCUT2D eigenvalue weighted by Gasteiger charge is -2.32. The van der Waals surface area contributed by atoms with Gasteiger partial charge in [0.15, 0.2) is 0 Å². The van der Waals surface area contributed by atoms with E-state index in [9.17, 15) is 0 Å². The van der Waals surface area contributed by atoms with Crippen LogP contribution in [-0.4, -0.2) is 107 Å². The Balaban J connectivity index is 1.77. The zero-order valence-electron chi connectivity index (χ0n) is 26.9. The Morgan fingerprint density at radius 2 is 1.03 bits per heavy atom. The summed E-state index contributed by atoms with van der Waals surface area (Å²) >= 11 is 0. The van der Waals surface area contributed by atoms with Crippen LogP contribution in [-0.2, 0) is 0 Å². The highest BCUT2D eigenvalue weighted by atomic mass is 15.2. The van der Waals surface area contributed by atoms with Gasteiger partial charge in [0.05, 0.1) is 0 Å². The van der Waals surface area contributed by atoms with E-state index in [1.807, 2.05) is 0 Å². The van der Waals surface area contributed by atoms with Crippen molar-refractivity contribution in [2.45, 2.75) is 91.3 Å². The van der Waals surface area contributed by atoms with Gasteiger partial charge in [0.2, 0.25) is 0 Å². The third-order valence-electron chi connectivity index (χ3n) is 8.65. The first kappa shape index (κ1) is 34.1. The summed E-state index contributed by atoms with van der Waals surface area (Å²) in [6, 6.07) is 0. The fraction of sp³-hybridized carbons (Fsp3) is 0.765. The molecule has 0 saturated carbocycles. The topological polar surface area (TPSA) is 13.0 Å². The van der Waals surface area contributed by atoms with Crippen molar-refractivity contribution < 1.29 is 0 Å². The standard InChI is InChI=1S/C34H63BN4/c1-6-7-8-9-15-33(16-10-13-31(2)29-38-24-20-36(4)21-25-38)17-12-19-34(28-35)18-11-14-32(3)30-39-26-22-37(5)23-27-39/h13-15,19H,6-12,16-18,20-30,35H2,1-5H3/b31-13+,32-14+,33-15+,34-19+. The van der Waals surface area contributed by atoms with E-state index in [0.29, 0.717) is 0 Å². The molecule has 0 unspecified atom stereocenters. The summed E-state index contributed by atoms with van der Waals surface area (Å²) in [5.74, 6) is 0. The van der Waals surface area contributed by atoms with E-state index in [0.717, 1.165) is 13.1 Å². The average Bonchev–Trinajstić information content (AvgIpc) is 2.92. The second-order valence-electron chi connectivity index (χ2n) is 12.4. The van der Waals surface area contributed by atoms with Crippen molar-refractivity contribution in [3.8, 4) is 0 Å². The maximum atomic E-state index is 2.62. The normalized spacial score (nSPS) is 20.2. The highest BCUT2D eigenvalue weighted by Gasteiger charge is 2.14. The van der Waals surface area contributed by atoms with E-state index in [1.165, 1.54) is 123 Å². The van der Waals surface area contributed by atoms with Crippen LogP contribution >= 0.6 is 0 Å². The number of piperazine rings is 2. The van der Waals surface area contributed by atoms with Gasteiger partial charge in [0, 0.05) is 65.4 Å². The van der Waals surface area contributed by atoms with E-state index < -0.39 is 0 Å². The Morgan fingerprint density at radius 1 is 0.590 bits per heavy atom. The minimum Gasteiger partial charge on any atom is -0.304 e. The smallest absolute Gasteiger partial charge is 0.106 e. The van der Waals surface area contributed by atoms with Gasteiger partial charge in [-0.3, -0.25) is 9.80 Å². The van der Waals surface area contributed by atoms with Gasteiger partial charge in [0.25, 0.3) is 0 Å². The van der Waals surface area contributed by atoms with Crippen LogP contribution in [0.15, 0.2) is 46.6 Å². The lowest BCUT2D eigenvalue weighted by atomic mass is 9.91. The molecule has 0 spiro atoms. The van der Waals surface area contributed by atoms with Crippen LogP contribution in [0.25, 0.3) is 0 Å². The molecule has 0 atom stereocenters. The molecule has 2 aliphatic heterocycles. The van der Waals surface area contributed by atoms with Crippen LogP contribution in [0.5, 0.6) is 0 Å². The average molecular weight is 539 g/mol. The molecular weight excluding hydrogens is 475 g/mol. The highest BCUT2D eigenvalue weighted by molar-refractivity contribution is 6.10. The molecule has 2 fully saturated rings. The Labute approximate surface area is 244 Å². The molecule has 2 aliphatic rings. The molecule has 0 radical (unpaired) electrons. The van der Waals surface area contributed by atoms with Crippen molar-refractivity contribution in [1.82, 2.24) is 19.6 Å². The maximum absolute atomic E-state index is 2.62. The summed E-state index contributed by atoms with van der Waals surface area (Å²) in [4.78, 5) is 10.1. The van der Waals surface area contributed by atoms with E-state index in [2.05, 4.69) is 86.6 Å². The highest BCUT2D eigenvalue weighted by Crippen LogP contribution is 2.19. The molecule has 4 nitrogen and oxygen atoms in total. The molecule has 0 aromatic heterocycles. The monoisotopic (exact) mass is 539 g/mol. The summed E-state index contributed by atoms with van der Waals surface area (Å²) in [5, 5.41) is 0. The third-order valence-corrected chi connectivity index (χ3v) is 8.65. The van der Waals surface area contributed by atoms with Crippen molar-refractivity contribution in [2.24, 2.45) is 0 Å².